The van der Waals surface area contributed by atoms with Gasteiger partial charge in [-0.1, -0.05) is 29.8 Å². The van der Waals surface area contributed by atoms with E-state index in [0.717, 1.165) is 5.56 Å². The van der Waals surface area contributed by atoms with Crippen LogP contribution < -0.4 is 9.47 Å². The normalized spacial score (nSPS) is 10.6. The molecule has 0 atom stereocenters. The molecular formula is C23H17ClN2O4. The van der Waals surface area contributed by atoms with Crippen molar-refractivity contribution in [2.45, 2.75) is 12.8 Å². The van der Waals surface area contributed by atoms with Gasteiger partial charge in [0.2, 0.25) is 5.88 Å². The van der Waals surface area contributed by atoms with Crippen molar-refractivity contribution in [3.8, 4) is 28.7 Å². The second-order valence-corrected chi connectivity index (χ2v) is 6.72. The number of halogens is 1. The molecule has 4 rings (SSSR count). The lowest BCUT2D eigenvalue weighted by atomic mass is 10.2. The molecule has 4 aromatic rings. The first kappa shape index (κ1) is 19.7. The van der Waals surface area contributed by atoms with E-state index in [-0.39, 0.29) is 12.4 Å². The minimum Gasteiger partial charge on any atom is -0.441 e. The van der Waals surface area contributed by atoms with E-state index in [0.29, 0.717) is 40.5 Å². The first-order valence-corrected chi connectivity index (χ1v) is 9.64. The van der Waals surface area contributed by atoms with Crippen LogP contribution in [-0.2, 0) is 11.2 Å². The Bertz CT molecular complexity index is 1130. The number of benzene rings is 2. The van der Waals surface area contributed by atoms with Gasteiger partial charge < -0.3 is 13.9 Å². The van der Waals surface area contributed by atoms with Gasteiger partial charge in [-0.25, -0.2) is 9.97 Å². The molecule has 0 aliphatic rings. The van der Waals surface area contributed by atoms with E-state index in [2.05, 4.69) is 9.97 Å². The van der Waals surface area contributed by atoms with Gasteiger partial charge >= 0.3 is 5.97 Å². The van der Waals surface area contributed by atoms with E-state index >= 15 is 0 Å². The fourth-order valence-corrected chi connectivity index (χ4v) is 2.94. The smallest absolute Gasteiger partial charge is 0.311 e. The lowest BCUT2D eigenvalue weighted by Crippen LogP contribution is -2.09. The second kappa shape index (κ2) is 9.24. The maximum absolute atomic E-state index is 12.1. The van der Waals surface area contributed by atoms with Crippen LogP contribution in [0.3, 0.4) is 0 Å². The van der Waals surface area contributed by atoms with E-state index in [1.54, 1.807) is 48.8 Å². The summed E-state index contributed by atoms with van der Waals surface area (Å²) >= 11 is 6.17. The van der Waals surface area contributed by atoms with E-state index in [1.807, 2.05) is 30.3 Å². The van der Waals surface area contributed by atoms with Crippen LogP contribution in [0.4, 0.5) is 0 Å². The summed E-state index contributed by atoms with van der Waals surface area (Å²) in [5, 5.41) is 0.579. The average molecular weight is 421 g/mol. The van der Waals surface area contributed by atoms with E-state index in [1.165, 1.54) is 0 Å². The van der Waals surface area contributed by atoms with Gasteiger partial charge in [0.15, 0.2) is 11.7 Å². The standard InChI is InChI=1S/C23H17ClN2O4/c24-19-6-2-1-5-18(19)20-15-26-22(30-20)12-13-23(27)29-17-10-8-16(9-11-17)28-21-7-3-4-14-25-21/h1-11,14-15H,12-13H2. The number of carbonyl (C=O) groups excluding carboxylic acids is 1. The summed E-state index contributed by atoms with van der Waals surface area (Å²) < 4.78 is 16.7. The Morgan fingerprint density at radius 3 is 2.47 bits per heavy atom. The molecule has 0 aliphatic carbocycles. The van der Waals surface area contributed by atoms with Crippen LogP contribution in [-0.4, -0.2) is 15.9 Å². The molecule has 0 saturated heterocycles. The Kier molecular flexibility index (Phi) is 6.06. The largest absolute Gasteiger partial charge is 0.441 e. The van der Waals surface area contributed by atoms with Crippen molar-refractivity contribution in [3.63, 3.8) is 0 Å². The minimum absolute atomic E-state index is 0.134. The maximum Gasteiger partial charge on any atom is 0.311 e. The van der Waals surface area contributed by atoms with E-state index < -0.39 is 0 Å². The molecule has 0 spiro atoms. The second-order valence-electron chi connectivity index (χ2n) is 6.31. The van der Waals surface area contributed by atoms with Crippen LogP contribution in [0.25, 0.3) is 11.3 Å². The highest BCUT2D eigenvalue weighted by molar-refractivity contribution is 6.33. The Morgan fingerprint density at radius 2 is 1.70 bits per heavy atom. The molecule has 2 heterocycles. The molecule has 0 amide bonds. The zero-order valence-corrected chi connectivity index (χ0v) is 16.6. The van der Waals surface area contributed by atoms with E-state index in [4.69, 9.17) is 25.5 Å². The highest BCUT2D eigenvalue weighted by Gasteiger charge is 2.12. The monoisotopic (exact) mass is 420 g/mol. The lowest BCUT2D eigenvalue weighted by Gasteiger charge is -2.06. The molecule has 150 valence electrons. The molecule has 30 heavy (non-hydrogen) atoms. The van der Waals surface area contributed by atoms with E-state index in [9.17, 15) is 4.79 Å². The first-order chi connectivity index (χ1) is 14.7. The van der Waals surface area contributed by atoms with Gasteiger partial charge in [-0.15, -0.1) is 0 Å². The molecule has 0 unspecified atom stereocenters. The number of rotatable bonds is 7. The van der Waals surface area contributed by atoms with Crippen LogP contribution in [0.2, 0.25) is 5.02 Å². The zero-order chi connectivity index (χ0) is 20.8. The molecule has 0 saturated carbocycles. The number of hydrogen-bond donors (Lipinski definition) is 0. The summed E-state index contributed by atoms with van der Waals surface area (Å²) in [7, 11) is 0. The fourth-order valence-electron chi connectivity index (χ4n) is 2.71. The number of hydrogen-bond acceptors (Lipinski definition) is 6. The third-order valence-electron chi connectivity index (χ3n) is 4.15. The summed E-state index contributed by atoms with van der Waals surface area (Å²) in [5.74, 6) is 2.14. The summed E-state index contributed by atoms with van der Waals surface area (Å²) in [6.07, 6.45) is 3.71. The quantitative estimate of drug-likeness (QED) is 0.281. The molecule has 0 N–H and O–H groups in total. The van der Waals surface area contributed by atoms with Crippen LogP contribution in [0.15, 0.2) is 83.5 Å². The van der Waals surface area contributed by atoms with Crippen molar-refractivity contribution >= 4 is 17.6 Å². The van der Waals surface area contributed by atoms with Gasteiger partial charge in [-0.05, 0) is 42.5 Å². The van der Waals surface area contributed by atoms with Crippen molar-refractivity contribution in [3.05, 3.63) is 90.0 Å². The van der Waals surface area contributed by atoms with Crippen molar-refractivity contribution in [1.82, 2.24) is 9.97 Å². The Morgan fingerprint density at radius 1 is 0.933 bits per heavy atom. The number of esters is 1. The predicted molar refractivity (Wildman–Crippen MR) is 112 cm³/mol. The predicted octanol–water partition coefficient (Wildman–Crippen LogP) is 5.72. The third-order valence-corrected chi connectivity index (χ3v) is 4.48. The van der Waals surface area contributed by atoms with Crippen molar-refractivity contribution in [1.29, 1.82) is 0 Å². The Labute approximate surface area is 178 Å². The molecular weight excluding hydrogens is 404 g/mol. The fraction of sp³-hybridized carbons (Fsp3) is 0.0870. The molecule has 2 aromatic carbocycles. The highest BCUT2D eigenvalue weighted by atomic mass is 35.5. The Balaban J connectivity index is 1.29. The number of ether oxygens (including phenoxy) is 2. The number of aromatic nitrogens is 2. The van der Waals surface area contributed by atoms with Gasteiger partial charge in [0.25, 0.3) is 0 Å². The number of oxazole rings is 1. The van der Waals surface area contributed by atoms with Crippen LogP contribution in [0, 0.1) is 0 Å². The SMILES string of the molecule is O=C(CCc1ncc(-c2ccccc2Cl)o1)Oc1ccc(Oc2ccccn2)cc1. The number of nitrogens with zero attached hydrogens (tertiary/aromatic N) is 2. The zero-order valence-electron chi connectivity index (χ0n) is 15.8. The van der Waals surface area contributed by atoms with Crippen LogP contribution in [0.1, 0.15) is 12.3 Å². The van der Waals surface area contributed by atoms with Gasteiger partial charge in [0.05, 0.1) is 17.6 Å². The summed E-state index contributed by atoms with van der Waals surface area (Å²) in [6, 6.07) is 19.5. The third kappa shape index (κ3) is 5.04. The van der Waals surface area contributed by atoms with Gasteiger partial charge in [-0.3, -0.25) is 4.79 Å². The summed E-state index contributed by atoms with van der Waals surface area (Å²) in [5.41, 5.74) is 0.758. The summed E-state index contributed by atoms with van der Waals surface area (Å²) in [6.45, 7) is 0. The number of pyridine rings is 1. The molecule has 6 nitrogen and oxygen atoms in total. The van der Waals surface area contributed by atoms with Crippen molar-refractivity contribution in [2.24, 2.45) is 0 Å². The van der Waals surface area contributed by atoms with Crippen molar-refractivity contribution < 1.29 is 18.7 Å². The first-order valence-electron chi connectivity index (χ1n) is 9.26. The molecule has 0 fully saturated rings. The van der Waals surface area contributed by atoms with Gasteiger partial charge in [0, 0.05) is 24.2 Å². The van der Waals surface area contributed by atoms with Crippen molar-refractivity contribution in [2.75, 3.05) is 0 Å². The highest BCUT2D eigenvalue weighted by Crippen LogP contribution is 2.28. The molecule has 2 aromatic heterocycles. The van der Waals surface area contributed by atoms with Crippen LogP contribution in [0.5, 0.6) is 17.4 Å². The molecule has 0 radical (unpaired) electrons. The molecule has 7 heteroatoms. The lowest BCUT2D eigenvalue weighted by molar-refractivity contribution is -0.134. The van der Waals surface area contributed by atoms with Crippen LogP contribution >= 0.6 is 11.6 Å². The van der Waals surface area contributed by atoms with Gasteiger partial charge in [0.1, 0.15) is 11.5 Å². The number of carbonyl (C=O) groups is 1. The molecule has 0 aliphatic heterocycles. The van der Waals surface area contributed by atoms with Gasteiger partial charge in [-0.2, -0.15) is 0 Å². The number of aryl methyl sites for hydroxylation is 1. The minimum atomic E-state index is -0.383. The summed E-state index contributed by atoms with van der Waals surface area (Å²) in [4.78, 5) is 20.4. The molecule has 0 bridgehead atoms. The average Bonchev–Trinajstić information content (AvgIpc) is 3.24. The maximum atomic E-state index is 12.1. The topological polar surface area (TPSA) is 74.5 Å². The Hall–Kier alpha value is -3.64.